The van der Waals surface area contributed by atoms with Gasteiger partial charge in [-0.2, -0.15) is 9.40 Å². The standard InChI is InChI=1S/C19H22N6O2S/c1-15-18(16(2)25(22-15)17-7-4-3-5-8-17)28(26,27)24-13-11-23(12-14-24)19-20-9-6-10-21-19/h3-10H,11-14H2,1-2H3. The molecular weight excluding hydrogens is 376 g/mol. The topological polar surface area (TPSA) is 84.2 Å². The average molecular weight is 398 g/mol. The third-order valence-corrected chi connectivity index (χ3v) is 7.05. The smallest absolute Gasteiger partial charge is 0.246 e. The summed E-state index contributed by atoms with van der Waals surface area (Å²) in [5, 5.41) is 4.48. The third kappa shape index (κ3) is 3.27. The first-order valence-corrected chi connectivity index (χ1v) is 10.6. The van der Waals surface area contributed by atoms with E-state index in [2.05, 4.69) is 15.1 Å². The maximum absolute atomic E-state index is 13.3. The Bertz CT molecular complexity index is 1060. The second-order valence-corrected chi connectivity index (χ2v) is 8.56. The third-order valence-electron chi connectivity index (χ3n) is 4.90. The monoisotopic (exact) mass is 398 g/mol. The number of para-hydroxylation sites is 1. The largest absolute Gasteiger partial charge is 0.338 e. The van der Waals surface area contributed by atoms with Crippen LogP contribution >= 0.6 is 0 Å². The number of aryl methyl sites for hydroxylation is 1. The molecule has 0 atom stereocenters. The van der Waals surface area contributed by atoms with E-state index in [1.165, 1.54) is 4.31 Å². The molecule has 28 heavy (non-hydrogen) atoms. The first-order valence-electron chi connectivity index (χ1n) is 9.12. The second kappa shape index (κ2) is 7.33. The molecule has 3 heterocycles. The van der Waals surface area contributed by atoms with E-state index in [-0.39, 0.29) is 0 Å². The summed E-state index contributed by atoms with van der Waals surface area (Å²) in [4.78, 5) is 10.8. The SMILES string of the molecule is Cc1nn(-c2ccccc2)c(C)c1S(=O)(=O)N1CCN(c2ncccn2)CC1. The fourth-order valence-corrected chi connectivity index (χ4v) is 5.31. The first kappa shape index (κ1) is 18.6. The normalized spacial score (nSPS) is 15.7. The Morgan fingerprint density at radius 1 is 0.893 bits per heavy atom. The summed E-state index contributed by atoms with van der Waals surface area (Å²) in [6, 6.07) is 11.3. The maximum Gasteiger partial charge on any atom is 0.246 e. The Morgan fingerprint density at radius 2 is 1.54 bits per heavy atom. The maximum atomic E-state index is 13.3. The van der Waals surface area contributed by atoms with Gasteiger partial charge in [-0.25, -0.2) is 23.1 Å². The molecular formula is C19H22N6O2S. The van der Waals surface area contributed by atoms with E-state index < -0.39 is 10.0 Å². The zero-order chi connectivity index (χ0) is 19.7. The molecule has 0 spiro atoms. The number of rotatable bonds is 4. The first-order chi connectivity index (χ1) is 13.5. The molecule has 2 aromatic heterocycles. The van der Waals surface area contributed by atoms with Crippen LogP contribution in [-0.2, 0) is 10.0 Å². The van der Waals surface area contributed by atoms with Gasteiger partial charge in [0.1, 0.15) is 4.90 Å². The number of piperazine rings is 1. The molecule has 0 amide bonds. The van der Waals surface area contributed by atoms with Gasteiger partial charge in [-0.15, -0.1) is 0 Å². The lowest BCUT2D eigenvalue weighted by Crippen LogP contribution is -2.49. The van der Waals surface area contributed by atoms with Gasteiger partial charge in [0.25, 0.3) is 0 Å². The molecule has 1 aliphatic heterocycles. The minimum atomic E-state index is -3.63. The Kier molecular flexibility index (Phi) is 4.86. The van der Waals surface area contributed by atoms with Crippen molar-refractivity contribution in [3.05, 3.63) is 60.2 Å². The van der Waals surface area contributed by atoms with Gasteiger partial charge in [-0.3, -0.25) is 0 Å². The summed E-state index contributed by atoms with van der Waals surface area (Å²) >= 11 is 0. The zero-order valence-corrected chi connectivity index (χ0v) is 16.7. The fourth-order valence-electron chi connectivity index (χ4n) is 3.53. The van der Waals surface area contributed by atoms with E-state index >= 15 is 0 Å². The van der Waals surface area contributed by atoms with Crippen molar-refractivity contribution < 1.29 is 8.42 Å². The summed E-state index contributed by atoms with van der Waals surface area (Å²) in [6.07, 6.45) is 3.38. The van der Waals surface area contributed by atoms with Crippen LogP contribution in [0.1, 0.15) is 11.4 Å². The van der Waals surface area contributed by atoms with E-state index in [9.17, 15) is 8.42 Å². The summed E-state index contributed by atoms with van der Waals surface area (Å²) in [6.45, 7) is 5.41. The highest BCUT2D eigenvalue weighted by Crippen LogP contribution is 2.26. The zero-order valence-electron chi connectivity index (χ0n) is 15.9. The molecule has 1 aliphatic rings. The van der Waals surface area contributed by atoms with Crippen LogP contribution in [0.4, 0.5) is 5.95 Å². The van der Waals surface area contributed by atoms with Crippen molar-refractivity contribution in [1.82, 2.24) is 24.1 Å². The number of aromatic nitrogens is 4. The molecule has 0 saturated carbocycles. The van der Waals surface area contributed by atoms with Crippen LogP contribution in [0.2, 0.25) is 0 Å². The van der Waals surface area contributed by atoms with Crippen molar-refractivity contribution in [2.75, 3.05) is 31.1 Å². The predicted molar refractivity (Wildman–Crippen MR) is 106 cm³/mol. The van der Waals surface area contributed by atoms with Crippen molar-refractivity contribution in [3.63, 3.8) is 0 Å². The molecule has 1 fully saturated rings. The minimum Gasteiger partial charge on any atom is -0.338 e. The van der Waals surface area contributed by atoms with Crippen molar-refractivity contribution in [2.45, 2.75) is 18.7 Å². The summed E-state index contributed by atoms with van der Waals surface area (Å²) in [5.41, 5.74) is 1.98. The molecule has 9 heteroatoms. The van der Waals surface area contributed by atoms with Crippen LogP contribution in [0.25, 0.3) is 5.69 Å². The van der Waals surface area contributed by atoms with Crippen LogP contribution in [0, 0.1) is 13.8 Å². The molecule has 146 valence electrons. The Labute approximate surface area is 164 Å². The van der Waals surface area contributed by atoms with Gasteiger partial charge in [0, 0.05) is 38.6 Å². The molecule has 8 nitrogen and oxygen atoms in total. The van der Waals surface area contributed by atoms with Gasteiger partial charge >= 0.3 is 0 Å². The highest BCUT2D eigenvalue weighted by atomic mass is 32.2. The Balaban J connectivity index is 1.59. The van der Waals surface area contributed by atoms with Crippen LogP contribution in [-0.4, -0.2) is 58.7 Å². The fraction of sp³-hybridized carbons (Fsp3) is 0.316. The van der Waals surface area contributed by atoms with Crippen molar-refractivity contribution in [1.29, 1.82) is 0 Å². The van der Waals surface area contributed by atoms with Crippen LogP contribution in [0.5, 0.6) is 0 Å². The van der Waals surface area contributed by atoms with Crippen LogP contribution < -0.4 is 4.90 Å². The van der Waals surface area contributed by atoms with Crippen LogP contribution in [0.15, 0.2) is 53.7 Å². The highest BCUT2D eigenvalue weighted by Gasteiger charge is 2.33. The van der Waals surface area contributed by atoms with E-state index in [1.807, 2.05) is 35.2 Å². The highest BCUT2D eigenvalue weighted by molar-refractivity contribution is 7.89. The van der Waals surface area contributed by atoms with E-state index in [0.717, 1.165) is 5.69 Å². The lowest BCUT2D eigenvalue weighted by molar-refractivity contribution is 0.382. The van der Waals surface area contributed by atoms with Crippen molar-refractivity contribution >= 4 is 16.0 Å². The van der Waals surface area contributed by atoms with Gasteiger partial charge in [0.05, 0.1) is 17.1 Å². The molecule has 0 bridgehead atoms. The quantitative estimate of drug-likeness (QED) is 0.666. The average Bonchev–Trinajstić information content (AvgIpc) is 3.04. The molecule has 0 N–H and O–H groups in total. The Hall–Kier alpha value is -2.78. The van der Waals surface area contributed by atoms with Crippen molar-refractivity contribution in [2.24, 2.45) is 0 Å². The van der Waals surface area contributed by atoms with Gasteiger partial charge in [0.2, 0.25) is 16.0 Å². The van der Waals surface area contributed by atoms with Gasteiger partial charge in [-0.05, 0) is 32.0 Å². The lowest BCUT2D eigenvalue weighted by atomic mass is 10.3. The van der Waals surface area contributed by atoms with E-state index in [1.54, 1.807) is 37.0 Å². The molecule has 3 aromatic rings. The van der Waals surface area contributed by atoms with E-state index in [4.69, 9.17) is 0 Å². The summed E-state index contributed by atoms with van der Waals surface area (Å²) < 4.78 is 29.9. The van der Waals surface area contributed by atoms with Gasteiger partial charge in [-0.1, -0.05) is 18.2 Å². The molecule has 1 aromatic carbocycles. The minimum absolute atomic E-state index is 0.292. The summed E-state index contributed by atoms with van der Waals surface area (Å²) in [5.74, 6) is 0.629. The lowest BCUT2D eigenvalue weighted by Gasteiger charge is -2.33. The second-order valence-electron chi connectivity index (χ2n) is 6.69. The molecule has 4 rings (SSSR count). The predicted octanol–water partition coefficient (Wildman–Crippen LogP) is 1.79. The number of nitrogens with zero attached hydrogens (tertiary/aromatic N) is 6. The number of anilines is 1. The van der Waals surface area contributed by atoms with Crippen LogP contribution in [0.3, 0.4) is 0 Å². The molecule has 0 unspecified atom stereocenters. The van der Waals surface area contributed by atoms with Crippen molar-refractivity contribution in [3.8, 4) is 5.69 Å². The number of hydrogen-bond acceptors (Lipinski definition) is 6. The molecule has 0 aliphatic carbocycles. The number of hydrogen-bond donors (Lipinski definition) is 0. The number of sulfonamides is 1. The Morgan fingerprint density at radius 3 is 2.18 bits per heavy atom. The molecule has 0 radical (unpaired) electrons. The van der Waals surface area contributed by atoms with E-state index in [0.29, 0.717) is 48.4 Å². The summed E-state index contributed by atoms with van der Waals surface area (Å²) in [7, 11) is -3.63. The molecule has 1 saturated heterocycles. The van der Waals surface area contributed by atoms with Gasteiger partial charge < -0.3 is 4.90 Å². The van der Waals surface area contributed by atoms with Gasteiger partial charge in [0.15, 0.2) is 0 Å². The number of benzene rings is 1.